The van der Waals surface area contributed by atoms with Crippen LogP contribution in [-0.2, 0) is 4.74 Å². The zero-order chi connectivity index (χ0) is 12.3. The van der Waals surface area contributed by atoms with Gasteiger partial charge in [0.2, 0.25) is 0 Å². The second kappa shape index (κ2) is 5.25. The van der Waals surface area contributed by atoms with E-state index in [9.17, 15) is 8.78 Å². The molecule has 1 aromatic carbocycles. The molecule has 0 radical (unpaired) electrons. The maximum atomic E-state index is 13.5. The number of hydrogen-bond donors (Lipinski definition) is 1. The largest absolute Gasteiger partial charge is 0.380 e. The molecule has 0 fully saturated rings. The molecular weight excluding hydrogens is 212 g/mol. The van der Waals surface area contributed by atoms with Crippen LogP contribution in [0.4, 0.5) is 14.5 Å². The lowest BCUT2D eigenvalue weighted by Crippen LogP contribution is -2.30. The Labute approximate surface area is 94.6 Å². The molecule has 0 saturated carbocycles. The number of methoxy groups -OCH3 is 1. The van der Waals surface area contributed by atoms with Crippen LogP contribution < -0.4 is 5.32 Å². The van der Waals surface area contributed by atoms with Crippen LogP contribution >= 0.6 is 0 Å². The molecule has 0 spiro atoms. The van der Waals surface area contributed by atoms with Gasteiger partial charge in [-0.2, -0.15) is 0 Å². The predicted molar refractivity (Wildman–Crippen MR) is 60.7 cm³/mol. The lowest BCUT2D eigenvalue weighted by molar-refractivity contribution is 0.106. The van der Waals surface area contributed by atoms with Gasteiger partial charge in [0.05, 0.1) is 11.8 Å². The Morgan fingerprint density at radius 3 is 2.38 bits per heavy atom. The van der Waals surface area contributed by atoms with Crippen LogP contribution in [0.25, 0.3) is 0 Å². The summed E-state index contributed by atoms with van der Waals surface area (Å²) in [5.74, 6) is -0.866. The number of benzene rings is 1. The van der Waals surface area contributed by atoms with Gasteiger partial charge in [-0.15, -0.1) is 0 Å². The van der Waals surface area contributed by atoms with Gasteiger partial charge in [-0.3, -0.25) is 0 Å². The number of aryl methyl sites for hydroxylation is 1. The topological polar surface area (TPSA) is 21.3 Å². The lowest BCUT2D eigenvalue weighted by atomic mass is 10.1. The first kappa shape index (κ1) is 12.9. The maximum Gasteiger partial charge on any atom is 0.146 e. The summed E-state index contributed by atoms with van der Waals surface area (Å²) < 4.78 is 31.8. The van der Waals surface area contributed by atoms with Crippen molar-refractivity contribution in [2.75, 3.05) is 12.4 Å². The van der Waals surface area contributed by atoms with E-state index in [1.54, 1.807) is 7.11 Å². The van der Waals surface area contributed by atoms with Crippen LogP contribution in [0.1, 0.15) is 19.4 Å². The van der Waals surface area contributed by atoms with E-state index in [2.05, 4.69) is 5.32 Å². The van der Waals surface area contributed by atoms with Gasteiger partial charge in [0, 0.05) is 19.2 Å². The molecule has 1 aromatic rings. The molecule has 0 bridgehead atoms. The molecule has 1 rings (SSSR count). The van der Waals surface area contributed by atoms with E-state index < -0.39 is 11.6 Å². The lowest BCUT2D eigenvalue weighted by Gasteiger charge is -2.21. The molecule has 0 aliphatic rings. The third-order valence-electron chi connectivity index (χ3n) is 2.71. The van der Waals surface area contributed by atoms with E-state index in [4.69, 9.17) is 4.74 Å². The summed E-state index contributed by atoms with van der Waals surface area (Å²) in [6.07, 6.45) is -0.0798. The highest BCUT2D eigenvalue weighted by Gasteiger charge is 2.14. The second-order valence-corrected chi connectivity index (χ2v) is 3.96. The molecule has 4 heteroatoms. The highest BCUT2D eigenvalue weighted by molar-refractivity contribution is 5.47. The van der Waals surface area contributed by atoms with E-state index >= 15 is 0 Å². The SMILES string of the molecule is COC(C)C(C)Nc1cc(F)c(C)cc1F. The van der Waals surface area contributed by atoms with Gasteiger partial charge in [0.15, 0.2) is 0 Å². The molecular formula is C12H17F2NO. The van der Waals surface area contributed by atoms with Crippen molar-refractivity contribution in [2.45, 2.75) is 32.9 Å². The summed E-state index contributed by atoms with van der Waals surface area (Å²) in [5, 5.41) is 2.89. The average Bonchev–Trinajstić information content (AvgIpc) is 2.24. The smallest absolute Gasteiger partial charge is 0.146 e. The van der Waals surface area contributed by atoms with Gasteiger partial charge < -0.3 is 10.1 Å². The van der Waals surface area contributed by atoms with Crippen LogP contribution in [0.2, 0.25) is 0 Å². The number of anilines is 1. The van der Waals surface area contributed by atoms with Crippen LogP contribution in [0.15, 0.2) is 12.1 Å². The molecule has 0 amide bonds. The van der Waals surface area contributed by atoms with E-state index in [1.807, 2.05) is 13.8 Å². The zero-order valence-corrected chi connectivity index (χ0v) is 9.97. The number of ether oxygens (including phenoxy) is 1. The van der Waals surface area contributed by atoms with E-state index in [1.165, 1.54) is 19.1 Å². The fraction of sp³-hybridized carbons (Fsp3) is 0.500. The number of halogens is 2. The molecule has 0 aliphatic carbocycles. The summed E-state index contributed by atoms with van der Waals surface area (Å²) in [6.45, 7) is 5.24. The van der Waals surface area contributed by atoms with E-state index in [0.29, 0.717) is 5.56 Å². The molecule has 16 heavy (non-hydrogen) atoms. The van der Waals surface area contributed by atoms with Gasteiger partial charge in [-0.25, -0.2) is 8.78 Å². The molecule has 1 N–H and O–H groups in total. The Morgan fingerprint density at radius 1 is 1.19 bits per heavy atom. The zero-order valence-electron chi connectivity index (χ0n) is 9.97. The van der Waals surface area contributed by atoms with Crippen molar-refractivity contribution in [3.8, 4) is 0 Å². The molecule has 0 aliphatic heterocycles. The quantitative estimate of drug-likeness (QED) is 0.856. The predicted octanol–water partition coefficient (Wildman–Crippen LogP) is 3.11. The summed E-state index contributed by atoms with van der Waals surface area (Å²) in [6, 6.07) is 2.26. The van der Waals surface area contributed by atoms with Crippen molar-refractivity contribution < 1.29 is 13.5 Å². The summed E-state index contributed by atoms with van der Waals surface area (Å²) in [7, 11) is 1.58. The molecule has 0 aromatic heterocycles. The van der Waals surface area contributed by atoms with Crippen LogP contribution in [0, 0.1) is 18.6 Å². The normalized spacial score (nSPS) is 14.6. The van der Waals surface area contributed by atoms with Gasteiger partial charge in [-0.1, -0.05) is 0 Å². The molecule has 90 valence electrons. The first-order chi connectivity index (χ1) is 7.45. The highest BCUT2D eigenvalue weighted by Crippen LogP contribution is 2.20. The third-order valence-corrected chi connectivity index (χ3v) is 2.71. The highest BCUT2D eigenvalue weighted by atomic mass is 19.1. The van der Waals surface area contributed by atoms with E-state index in [-0.39, 0.29) is 17.8 Å². The standard InChI is InChI=1S/C12H17F2NO/c1-7-5-11(14)12(6-10(7)13)15-8(2)9(3)16-4/h5-6,8-9,15H,1-4H3. The van der Waals surface area contributed by atoms with Crippen molar-refractivity contribution in [2.24, 2.45) is 0 Å². The van der Waals surface area contributed by atoms with Crippen LogP contribution in [0.5, 0.6) is 0 Å². The third kappa shape index (κ3) is 2.92. The summed E-state index contributed by atoms with van der Waals surface area (Å²) in [5.41, 5.74) is 0.468. The molecule has 0 heterocycles. The number of nitrogens with one attached hydrogen (secondary N) is 1. The summed E-state index contributed by atoms with van der Waals surface area (Å²) >= 11 is 0. The van der Waals surface area contributed by atoms with Crippen LogP contribution in [-0.4, -0.2) is 19.3 Å². The molecule has 2 atom stereocenters. The fourth-order valence-electron chi connectivity index (χ4n) is 1.32. The Hall–Kier alpha value is -1.16. The summed E-state index contributed by atoms with van der Waals surface area (Å²) in [4.78, 5) is 0. The van der Waals surface area contributed by atoms with Crippen molar-refractivity contribution in [1.29, 1.82) is 0 Å². The maximum absolute atomic E-state index is 13.5. The van der Waals surface area contributed by atoms with E-state index in [0.717, 1.165) is 0 Å². The Kier molecular flexibility index (Phi) is 4.24. The van der Waals surface area contributed by atoms with Crippen molar-refractivity contribution in [1.82, 2.24) is 0 Å². The number of rotatable bonds is 4. The average molecular weight is 229 g/mol. The van der Waals surface area contributed by atoms with Gasteiger partial charge in [-0.05, 0) is 32.4 Å². The van der Waals surface area contributed by atoms with Gasteiger partial charge in [0.25, 0.3) is 0 Å². The van der Waals surface area contributed by atoms with Crippen molar-refractivity contribution in [3.05, 3.63) is 29.3 Å². The Balaban J connectivity index is 2.85. The molecule has 2 nitrogen and oxygen atoms in total. The van der Waals surface area contributed by atoms with Gasteiger partial charge in [0.1, 0.15) is 11.6 Å². The van der Waals surface area contributed by atoms with Crippen molar-refractivity contribution >= 4 is 5.69 Å². The first-order valence-corrected chi connectivity index (χ1v) is 5.20. The minimum Gasteiger partial charge on any atom is -0.380 e. The minimum absolute atomic E-state index is 0.0798. The van der Waals surface area contributed by atoms with Gasteiger partial charge >= 0.3 is 0 Å². The monoisotopic (exact) mass is 229 g/mol. The Morgan fingerprint density at radius 2 is 1.81 bits per heavy atom. The second-order valence-electron chi connectivity index (χ2n) is 3.96. The minimum atomic E-state index is -0.450. The molecule has 2 unspecified atom stereocenters. The first-order valence-electron chi connectivity index (χ1n) is 5.20. The molecule has 0 saturated heterocycles. The Bertz CT molecular complexity index is 368. The van der Waals surface area contributed by atoms with Crippen LogP contribution in [0.3, 0.4) is 0 Å². The number of hydrogen-bond acceptors (Lipinski definition) is 2. The fourth-order valence-corrected chi connectivity index (χ4v) is 1.32. The van der Waals surface area contributed by atoms with Crippen molar-refractivity contribution in [3.63, 3.8) is 0 Å².